The van der Waals surface area contributed by atoms with Crippen molar-refractivity contribution in [1.82, 2.24) is 29.4 Å². The van der Waals surface area contributed by atoms with Crippen LogP contribution >= 0.6 is 0 Å². The Balaban J connectivity index is 1.74. The van der Waals surface area contributed by atoms with Crippen molar-refractivity contribution in [2.45, 2.75) is 18.9 Å². The quantitative estimate of drug-likeness (QED) is 0.541. The molecule has 148 valence electrons. The van der Waals surface area contributed by atoms with Crippen molar-refractivity contribution in [3.8, 4) is 11.4 Å². The summed E-state index contributed by atoms with van der Waals surface area (Å²) in [4.78, 5) is 21.1. The molecule has 1 aliphatic rings. The molecule has 0 aromatic carbocycles. The number of nitrogens with one attached hydrogen (secondary N) is 1. The molecule has 4 aromatic rings. The monoisotopic (exact) mass is 392 g/mol. The molecule has 1 fully saturated rings. The number of anilines is 1. The van der Waals surface area contributed by atoms with Gasteiger partial charge in [0.25, 0.3) is 5.91 Å². The van der Waals surface area contributed by atoms with Crippen molar-refractivity contribution in [3.05, 3.63) is 36.2 Å². The smallest absolute Gasteiger partial charge is 0.254 e. The van der Waals surface area contributed by atoms with Crippen molar-refractivity contribution in [2.75, 3.05) is 25.6 Å². The molecule has 4 aromatic heterocycles. The third-order valence-corrected chi connectivity index (χ3v) is 5.24. The first-order valence-electron chi connectivity index (χ1n) is 9.45. The lowest BCUT2D eigenvalue weighted by Gasteiger charge is -2.22. The minimum absolute atomic E-state index is 0.221. The van der Waals surface area contributed by atoms with Crippen LogP contribution < -0.4 is 11.1 Å². The van der Waals surface area contributed by atoms with E-state index in [-0.39, 0.29) is 11.6 Å². The Morgan fingerprint density at radius 2 is 2.14 bits per heavy atom. The van der Waals surface area contributed by atoms with Gasteiger partial charge >= 0.3 is 0 Å². The SMILES string of the molecule is CNc1cc(-c2nn(C3CCOCC3)c3ncccc23)nc2c(C(N)=O)cnn12. The van der Waals surface area contributed by atoms with Gasteiger partial charge in [-0.05, 0) is 25.0 Å². The number of hydrogen-bond donors (Lipinski definition) is 2. The lowest BCUT2D eigenvalue weighted by Crippen LogP contribution is -2.20. The maximum atomic E-state index is 11.8. The predicted molar refractivity (Wildman–Crippen MR) is 107 cm³/mol. The molecule has 0 saturated carbocycles. The number of hydrogen-bond acceptors (Lipinski definition) is 7. The van der Waals surface area contributed by atoms with E-state index >= 15 is 0 Å². The second-order valence-corrected chi connectivity index (χ2v) is 6.95. The average molecular weight is 392 g/mol. The largest absolute Gasteiger partial charge is 0.381 e. The first-order valence-corrected chi connectivity index (χ1v) is 9.45. The number of carbonyl (C=O) groups excluding carboxylic acids is 1. The van der Waals surface area contributed by atoms with Gasteiger partial charge in [-0.25, -0.2) is 14.6 Å². The molecule has 0 atom stereocenters. The van der Waals surface area contributed by atoms with Gasteiger partial charge in [0.15, 0.2) is 11.3 Å². The number of primary amides is 1. The number of aromatic nitrogens is 6. The molecule has 0 spiro atoms. The fourth-order valence-electron chi connectivity index (χ4n) is 3.78. The molecule has 5 heterocycles. The predicted octanol–water partition coefficient (Wildman–Crippen LogP) is 1.63. The molecule has 0 radical (unpaired) electrons. The Bertz CT molecular complexity index is 1220. The van der Waals surface area contributed by atoms with Gasteiger partial charge in [-0.1, -0.05) is 0 Å². The number of amides is 1. The molecule has 1 amide bonds. The van der Waals surface area contributed by atoms with Gasteiger partial charge in [0.2, 0.25) is 0 Å². The van der Waals surface area contributed by atoms with Crippen LogP contribution in [0.2, 0.25) is 0 Å². The van der Waals surface area contributed by atoms with E-state index < -0.39 is 5.91 Å². The lowest BCUT2D eigenvalue weighted by atomic mass is 10.1. The number of carbonyl (C=O) groups is 1. The summed E-state index contributed by atoms with van der Waals surface area (Å²) in [6, 6.07) is 5.94. The molecular weight excluding hydrogens is 372 g/mol. The minimum atomic E-state index is -0.578. The molecule has 3 N–H and O–H groups in total. The highest BCUT2D eigenvalue weighted by atomic mass is 16.5. The molecule has 29 heavy (non-hydrogen) atoms. The van der Waals surface area contributed by atoms with Crippen molar-refractivity contribution < 1.29 is 9.53 Å². The molecule has 10 nitrogen and oxygen atoms in total. The van der Waals surface area contributed by atoms with Crippen LogP contribution in [-0.2, 0) is 4.74 Å². The summed E-state index contributed by atoms with van der Waals surface area (Å²) in [6.45, 7) is 1.42. The van der Waals surface area contributed by atoms with E-state index in [2.05, 4.69) is 20.4 Å². The number of ether oxygens (including phenoxy) is 1. The fourth-order valence-corrected chi connectivity index (χ4v) is 3.78. The summed E-state index contributed by atoms with van der Waals surface area (Å²) in [5, 5.41) is 13.1. The molecular formula is C19H20N8O2. The van der Waals surface area contributed by atoms with E-state index in [9.17, 15) is 4.79 Å². The number of fused-ring (bicyclic) bond motifs is 2. The summed E-state index contributed by atoms with van der Waals surface area (Å²) < 4.78 is 9.03. The summed E-state index contributed by atoms with van der Waals surface area (Å²) >= 11 is 0. The Morgan fingerprint density at radius 3 is 2.90 bits per heavy atom. The minimum Gasteiger partial charge on any atom is -0.381 e. The third-order valence-electron chi connectivity index (χ3n) is 5.24. The van der Waals surface area contributed by atoms with E-state index in [1.807, 2.05) is 22.9 Å². The van der Waals surface area contributed by atoms with Gasteiger partial charge in [0.1, 0.15) is 17.1 Å². The second-order valence-electron chi connectivity index (χ2n) is 6.95. The fraction of sp³-hybridized carbons (Fsp3) is 0.316. The standard InChI is InChI=1S/C19H20N8O2/c1-21-15-9-14(24-19-13(17(20)28)10-23-27(15)19)16-12-3-2-6-22-18(12)26(25-16)11-4-7-29-8-5-11/h2-3,6,9-11,21H,4-5,7-8H2,1H3,(H2,20,28). The highest BCUT2D eigenvalue weighted by Crippen LogP contribution is 2.32. The Labute approximate surface area is 165 Å². The third kappa shape index (κ3) is 2.80. The van der Waals surface area contributed by atoms with Crippen LogP contribution in [0.5, 0.6) is 0 Å². The van der Waals surface area contributed by atoms with E-state index in [0.717, 1.165) is 23.9 Å². The number of nitrogens with two attached hydrogens (primary N) is 1. The molecule has 1 saturated heterocycles. The normalized spacial score (nSPS) is 15.2. The number of rotatable bonds is 4. The zero-order valence-corrected chi connectivity index (χ0v) is 15.9. The topological polar surface area (TPSA) is 125 Å². The Hall–Kier alpha value is -3.53. The van der Waals surface area contributed by atoms with Gasteiger partial charge in [-0.3, -0.25) is 4.79 Å². The van der Waals surface area contributed by atoms with Crippen LogP contribution in [0.3, 0.4) is 0 Å². The highest BCUT2D eigenvalue weighted by Gasteiger charge is 2.24. The molecule has 5 rings (SSSR count). The van der Waals surface area contributed by atoms with Gasteiger partial charge in [-0.2, -0.15) is 14.7 Å². The van der Waals surface area contributed by atoms with Crippen molar-refractivity contribution in [3.63, 3.8) is 0 Å². The first kappa shape index (κ1) is 17.6. The molecule has 0 bridgehead atoms. The van der Waals surface area contributed by atoms with Gasteiger partial charge in [0.05, 0.1) is 17.9 Å². The summed E-state index contributed by atoms with van der Waals surface area (Å²) in [7, 11) is 1.78. The summed E-state index contributed by atoms with van der Waals surface area (Å²) in [5.41, 5.74) is 8.28. The lowest BCUT2D eigenvalue weighted by molar-refractivity contribution is 0.0674. The van der Waals surface area contributed by atoms with Crippen molar-refractivity contribution >= 4 is 28.4 Å². The summed E-state index contributed by atoms with van der Waals surface area (Å²) in [6.07, 6.45) is 4.96. The Morgan fingerprint density at radius 1 is 1.31 bits per heavy atom. The van der Waals surface area contributed by atoms with Crippen molar-refractivity contribution in [2.24, 2.45) is 5.73 Å². The van der Waals surface area contributed by atoms with E-state index in [4.69, 9.17) is 15.6 Å². The van der Waals surface area contributed by atoms with Crippen molar-refractivity contribution in [1.29, 1.82) is 0 Å². The number of nitrogens with zero attached hydrogens (tertiary/aromatic N) is 6. The van der Waals surface area contributed by atoms with Crippen LogP contribution in [0.4, 0.5) is 5.82 Å². The van der Waals surface area contributed by atoms with Gasteiger partial charge in [-0.15, -0.1) is 0 Å². The number of pyridine rings is 1. The summed E-state index contributed by atoms with van der Waals surface area (Å²) in [5.74, 6) is 0.0983. The van der Waals surface area contributed by atoms with E-state index in [0.29, 0.717) is 36.1 Å². The van der Waals surface area contributed by atoms with Crippen LogP contribution in [0.25, 0.3) is 28.1 Å². The maximum absolute atomic E-state index is 11.8. The van der Waals surface area contributed by atoms with Crippen LogP contribution in [0, 0.1) is 0 Å². The molecule has 0 unspecified atom stereocenters. The maximum Gasteiger partial charge on any atom is 0.254 e. The first-order chi connectivity index (χ1) is 14.2. The molecule has 1 aliphatic heterocycles. The van der Waals surface area contributed by atoms with E-state index in [1.54, 1.807) is 17.8 Å². The Kier molecular flexibility index (Phi) is 4.13. The van der Waals surface area contributed by atoms with Gasteiger partial charge in [0, 0.05) is 37.9 Å². The molecule has 10 heteroatoms. The van der Waals surface area contributed by atoms with Gasteiger partial charge < -0.3 is 15.8 Å². The molecule has 0 aliphatic carbocycles. The van der Waals surface area contributed by atoms with Crippen LogP contribution in [0.1, 0.15) is 29.2 Å². The second kappa shape index (κ2) is 6.82. The zero-order chi connectivity index (χ0) is 20.0. The van der Waals surface area contributed by atoms with E-state index in [1.165, 1.54) is 6.20 Å². The van der Waals surface area contributed by atoms with Crippen LogP contribution in [0.15, 0.2) is 30.6 Å². The highest BCUT2D eigenvalue weighted by molar-refractivity contribution is 5.99. The average Bonchev–Trinajstić information content (AvgIpc) is 3.35. The zero-order valence-electron chi connectivity index (χ0n) is 15.9. The van der Waals surface area contributed by atoms with Crippen LogP contribution in [-0.4, -0.2) is 55.5 Å².